The molecule has 0 spiro atoms. The summed E-state index contributed by atoms with van der Waals surface area (Å²) >= 11 is 11.8. The first-order chi connectivity index (χ1) is 9.97. The molecule has 2 aromatic rings. The zero-order valence-electron chi connectivity index (χ0n) is 10.4. The molecule has 2 rings (SSSR count). The Morgan fingerprint density at radius 2 is 2.10 bits per heavy atom. The average molecular weight is 326 g/mol. The smallest absolute Gasteiger partial charge is 0.353 e. The summed E-state index contributed by atoms with van der Waals surface area (Å²) in [7, 11) is 0. The molecule has 3 N–H and O–H groups in total. The van der Waals surface area contributed by atoms with Crippen molar-refractivity contribution in [1.29, 1.82) is 0 Å². The lowest BCUT2D eigenvalue weighted by Crippen LogP contribution is -2.07. The van der Waals surface area contributed by atoms with Crippen LogP contribution in [0.25, 0.3) is 6.08 Å². The van der Waals surface area contributed by atoms with Gasteiger partial charge in [0.25, 0.3) is 0 Å². The molecule has 21 heavy (non-hydrogen) atoms. The summed E-state index contributed by atoms with van der Waals surface area (Å²) in [6.07, 6.45) is 2.74. The maximum atomic E-state index is 11.7. The molecule has 1 heterocycles. The predicted octanol–water partition coefficient (Wildman–Crippen LogP) is 3.07. The second kappa shape index (κ2) is 6.43. The van der Waals surface area contributed by atoms with Crippen molar-refractivity contribution in [2.75, 3.05) is 5.32 Å². The number of nitrogens with zero attached hydrogens (tertiary/aromatic N) is 1. The number of aromatic amines is 1. The van der Waals surface area contributed by atoms with Crippen LogP contribution in [0.5, 0.6) is 0 Å². The fraction of sp³-hybridized carbons (Fsp3) is 0. The number of amides is 1. The number of halogens is 2. The minimum absolute atomic E-state index is 0.110. The lowest BCUT2D eigenvalue weighted by Gasteiger charge is -2.00. The Hall–Kier alpha value is -2.31. The van der Waals surface area contributed by atoms with Crippen molar-refractivity contribution in [1.82, 2.24) is 10.2 Å². The van der Waals surface area contributed by atoms with E-state index in [2.05, 4.69) is 15.5 Å². The van der Waals surface area contributed by atoms with Crippen molar-refractivity contribution < 1.29 is 14.7 Å². The van der Waals surface area contributed by atoms with Gasteiger partial charge >= 0.3 is 5.97 Å². The molecule has 108 valence electrons. The van der Waals surface area contributed by atoms with Gasteiger partial charge in [0, 0.05) is 12.1 Å². The van der Waals surface area contributed by atoms with Gasteiger partial charge in [-0.3, -0.25) is 9.89 Å². The van der Waals surface area contributed by atoms with Crippen LogP contribution in [-0.2, 0) is 4.79 Å². The van der Waals surface area contributed by atoms with E-state index in [1.54, 1.807) is 18.2 Å². The number of rotatable bonds is 4. The van der Waals surface area contributed by atoms with Crippen molar-refractivity contribution in [2.24, 2.45) is 0 Å². The van der Waals surface area contributed by atoms with E-state index >= 15 is 0 Å². The van der Waals surface area contributed by atoms with Crippen LogP contribution in [0.3, 0.4) is 0 Å². The summed E-state index contributed by atoms with van der Waals surface area (Å²) in [5.41, 5.74) is 0.472. The van der Waals surface area contributed by atoms with Gasteiger partial charge in [0.15, 0.2) is 5.82 Å². The number of hydrogen-bond donors (Lipinski definition) is 3. The van der Waals surface area contributed by atoms with Crippen molar-refractivity contribution in [3.63, 3.8) is 0 Å². The van der Waals surface area contributed by atoms with E-state index in [1.807, 2.05) is 0 Å². The van der Waals surface area contributed by atoms with Gasteiger partial charge in [-0.2, -0.15) is 5.10 Å². The average Bonchev–Trinajstić information content (AvgIpc) is 2.89. The number of carboxylic acids is 1. The third-order valence-corrected chi connectivity index (χ3v) is 3.29. The monoisotopic (exact) mass is 325 g/mol. The summed E-state index contributed by atoms with van der Waals surface area (Å²) < 4.78 is 0. The molecular weight excluding hydrogens is 317 g/mol. The first-order valence-electron chi connectivity index (χ1n) is 5.69. The number of benzene rings is 1. The van der Waals surface area contributed by atoms with Crippen molar-refractivity contribution >= 4 is 47.0 Å². The first kappa shape index (κ1) is 15.1. The maximum absolute atomic E-state index is 11.7. The Morgan fingerprint density at radius 1 is 1.33 bits per heavy atom. The second-order valence-corrected chi connectivity index (χ2v) is 4.72. The topological polar surface area (TPSA) is 95.1 Å². The van der Waals surface area contributed by atoms with Gasteiger partial charge in [0.05, 0.1) is 10.0 Å². The lowest BCUT2D eigenvalue weighted by molar-refractivity contribution is -0.111. The molecular formula is C13H9Cl2N3O3. The van der Waals surface area contributed by atoms with Crippen molar-refractivity contribution in [3.05, 3.63) is 51.6 Å². The lowest BCUT2D eigenvalue weighted by atomic mass is 10.2. The normalized spacial score (nSPS) is 10.8. The fourth-order valence-corrected chi connectivity index (χ4v) is 1.85. The molecule has 6 nitrogen and oxygen atoms in total. The van der Waals surface area contributed by atoms with Gasteiger partial charge < -0.3 is 10.4 Å². The van der Waals surface area contributed by atoms with Gasteiger partial charge in [0.1, 0.15) is 5.69 Å². The maximum Gasteiger partial charge on any atom is 0.353 e. The molecule has 0 aliphatic carbocycles. The third kappa shape index (κ3) is 3.84. The number of nitrogens with one attached hydrogen (secondary N) is 2. The van der Waals surface area contributed by atoms with Crippen LogP contribution in [-0.4, -0.2) is 27.2 Å². The van der Waals surface area contributed by atoms with E-state index in [-0.39, 0.29) is 11.5 Å². The second-order valence-electron chi connectivity index (χ2n) is 3.94. The van der Waals surface area contributed by atoms with Crippen molar-refractivity contribution in [2.45, 2.75) is 0 Å². The fourth-order valence-electron chi connectivity index (χ4n) is 1.48. The molecule has 0 unspecified atom stereocenters. The Morgan fingerprint density at radius 3 is 2.76 bits per heavy atom. The van der Waals surface area contributed by atoms with Gasteiger partial charge in [-0.15, -0.1) is 0 Å². The highest BCUT2D eigenvalue weighted by Crippen LogP contribution is 2.26. The largest absolute Gasteiger partial charge is 0.477 e. The van der Waals surface area contributed by atoms with Crippen LogP contribution >= 0.6 is 23.2 Å². The Bertz CT molecular complexity index is 725. The van der Waals surface area contributed by atoms with Crippen molar-refractivity contribution in [3.8, 4) is 0 Å². The Balaban J connectivity index is 2.05. The highest BCUT2D eigenvalue weighted by molar-refractivity contribution is 6.42. The zero-order valence-corrected chi connectivity index (χ0v) is 11.9. The van der Waals surface area contributed by atoms with Gasteiger partial charge in [-0.05, 0) is 17.7 Å². The number of carbonyl (C=O) groups excluding carboxylic acids is 1. The molecule has 8 heteroatoms. The number of aromatic nitrogens is 2. The summed E-state index contributed by atoms with van der Waals surface area (Å²) in [5.74, 6) is -1.53. The molecule has 1 aromatic carbocycles. The number of anilines is 1. The van der Waals surface area contributed by atoms with E-state index in [0.717, 1.165) is 0 Å². The number of carbonyl (C=O) groups is 2. The quantitative estimate of drug-likeness (QED) is 0.753. The van der Waals surface area contributed by atoms with Crippen LogP contribution in [0.4, 0.5) is 5.82 Å². The molecule has 0 saturated heterocycles. The first-order valence-corrected chi connectivity index (χ1v) is 6.45. The van der Waals surface area contributed by atoms with E-state index in [0.29, 0.717) is 15.6 Å². The van der Waals surface area contributed by atoms with Gasteiger partial charge in [0.2, 0.25) is 5.91 Å². The van der Waals surface area contributed by atoms with Crippen LogP contribution in [0, 0.1) is 0 Å². The minimum Gasteiger partial charge on any atom is -0.477 e. The molecule has 0 aliphatic heterocycles. The van der Waals surface area contributed by atoms with E-state index in [4.69, 9.17) is 28.3 Å². The van der Waals surface area contributed by atoms with E-state index < -0.39 is 11.9 Å². The molecule has 1 aromatic heterocycles. The molecule has 0 fully saturated rings. The van der Waals surface area contributed by atoms with E-state index in [1.165, 1.54) is 18.2 Å². The molecule has 0 bridgehead atoms. The van der Waals surface area contributed by atoms with Crippen LogP contribution in [0.1, 0.15) is 16.1 Å². The summed E-state index contributed by atoms with van der Waals surface area (Å²) in [6.45, 7) is 0. The molecule has 0 aliphatic rings. The SMILES string of the molecule is O=C(C=Cc1cccc(Cl)c1Cl)Nc1cc(C(=O)O)[nH]n1. The van der Waals surface area contributed by atoms with Crippen LogP contribution < -0.4 is 5.32 Å². The predicted molar refractivity (Wildman–Crippen MR) is 79.7 cm³/mol. The Labute approximate surface area is 129 Å². The summed E-state index contributed by atoms with van der Waals surface area (Å²) in [4.78, 5) is 22.3. The molecule has 0 saturated carbocycles. The molecule has 0 atom stereocenters. The number of hydrogen-bond acceptors (Lipinski definition) is 3. The van der Waals surface area contributed by atoms with Crippen LogP contribution in [0.15, 0.2) is 30.3 Å². The standard InChI is InChI=1S/C13H9Cl2N3O3/c14-8-3-1-2-7(12(8)15)4-5-11(19)16-10-6-9(13(20)21)17-18-10/h1-6H,(H,20,21)(H2,16,17,18,19). The van der Waals surface area contributed by atoms with Gasteiger partial charge in [-0.1, -0.05) is 35.3 Å². The zero-order chi connectivity index (χ0) is 15.4. The number of carboxylic acid groups (broad SMARTS) is 1. The van der Waals surface area contributed by atoms with Gasteiger partial charge in [-0.25, -0.2) is 4.79 Å². The Kier molecular flexibility index (Phi) is 4.62. The van der Waals surface area contributed by atoms with E-state index in [9.17, 15) is 9.59 Å². The summed E-state index contributed by atoms with van der Waals surface area (Å²) in [6, 6.07) is 6.26. The van der Waals surface area contributed by atoms with Crippen LogP contribution in [0.2, 0.25) is 10.0 Å². The minimum atomic E-state index is -1.16. The highest BCUT2D eigenvalue weighted by Gasteiger charge is 2.09. The highest BCUT2D eigenvalue weighted by atomic mass is 35.5. The number of aromatic carboxylic acids is 1. The number of H-pyrrole nitrogens is 1. The molecule has 0 radical (unpaired) electrons. The molecule has 1 amide bonds. The third-order valence-electron chi connectivity index (χ3n) is 2.46. The summed E-state index contributed by atoms with van der Waals surface area (Å²) in [5, 5.41) is 17.8.